The number of thiazole rings is 1. The van der Waals surface area contributed by atoms with Crippen molar-refractivity contribution in [3.8, 4) is 5.75 Å². The van der Waals surface area contributed by atoms with Crippen molar-refractivity contribution >= 4 is 44.1 Å². The summed E-state index contributed by atoms with van der Waals surface area (Å²) in [5, 5.41) is 11.5. The van der Waals surface area contributed by atoms with E-state index in [2.05, 4.69) is 4.98 Å². The van der Waals surface area contributed by atoms with Crippen molar-refractivity contribution in [1.82, 2.24) is 4.98 Å². The Morgan fingerprint density at radius 3 is 2.57 bits per heavy atom. The number of unbranched alkanes of at least 4 members (excludes halogenated alkanes) is 1. The molecule has 1 aliphatic heterocycles. The van der Waals surface area contributed by atoms with Gasteiger partial charge in [0.05, 0.1) is 28.4 Å². The Balaban J connectivity index is 1.64. The largest absolute Gasteiger partial charge is 0.507 e. The van der Waals surface area contributed by atoms with Gasteiger partial charge in [-0.05, 0) is 54.4 Å². The third-order valence-corrected chi connectivity index (χ3v) is 7.07. The highest BCUT2D eigenvalue weighted by molar-refractivity contribution is 7.22. The molecule has 6 nitrogen and oxygen atoms in total. The molecule has 0 radical (unpaired) electrons. The number of aliphatic hydroxyl groups is 1. The summed E-state index contributed by atoms with van der Waals surface area (Å²) < 4.78 is 33.8. The van der Waals surface area contributed by atoms with E-state index < -0.39 is 29.4 Å². The highest BCUT2D eigenvalue weighted by Gasteiger charge is 2.48. The van der Waals surface area contributed by atoms with Crippen LogP contribution in [0.5, 0.6) is 5.75 Å². The van der Waals surface area contributed by atoms with Crippen molar-refractivity contribution < 1.29 is 28.2 Å². The Hall–Kier alpha value is -4.11. The lowest BCUT2D eigenvalue weighted by Crippen LogP contribution is -2.29. The monoisotopic (exact) mass is 520 g/mol. The Kier molecular flexibility index (Phi) is 6.71. The molecule has 9 heteroatoms. The molecule has 0 spiro atoms. The smallest absolute Gasteiger partial charge is 0.301 e. The molecular formula is C28H22F2N2O4S. The van der Waals surface area contributed by atoms with E-state index in [0.29, 0.717) is 33.7 Å². The molecule has 1 amide bonds. The van der Waals surface area contributed by atoms with E-state index in [1.807, 2.05) is 6.92 Å². The van der Waals surface area contributed by atoms with E-state index in [4.69, 9.17) is 4.74 Å². The first-order valence-corrected chi connectivity index (χ1v) is 12.5. The van der Waals surface area contributed by atoms with E-state index >= 15 is 0 Å². The number of aliphatic hydroxyl groups excluding tert-OH is 1. The SMILES string of the molecule is CCCCOc1cccc(/C(O)=C2\C(=O)C(=O)N(c3nc4ccc(F)cc4s3)C2c2ccc(F)cc2)c1. The Labute approximate surface area is 215 Å². The van der Waals surface area contributed by atoms with Crippen LogP contribution < -0.4 is 9.64 Å². The molecule has 3 aromatic carbocycles. The van der Waals surface area contributed by atoms with E-state index in [1.54, 1.807) is 24.3 Å². The molecule has 2 heterocycles. The summed E-state index contributed by atoms with van der Waals surface area (Å²) in [5.41, 5.74) is 0.999. The van der Waals surface area contributed by atoms with Gasteiger partial charge in [0, 0.05) is 5.56 Å². The summed E-state index contributed by atoms with van der Waals surface area (Å²) in [5.74, 6) is -2.63. The number of fused-ring (bicyclic) bond motifs is 1. The zero-order chi connectivity index (χ0) is 26.1. The van der Waals surface area contributed by atoms with Crippen molar-refractivity contribution in [1.29, 1.82) is 0 Å². The standard InChI is InChI=1S/C28H22F2N2O4S/c1-2-3-13-36-20-6-4-5-17(14-20)25(33)23-24(16-7-9-18(29)10-8-16)32(27(35)26(23)34)28-31-21-12-11-19(30)15-22(21)37-28/h4-12,14-15,24,33H,2-3,13H2,1H3/b25-23+. The summed E-state index contributed by atoms with van der Waals surface area (Å²) in [6, 6.07) is 14.9. The molecular weight excluding hydrogens is 498 g/mol. The number of amides is 1. The first-order chi connectivity index (χ1) is 17.9. The number of rotatable bonds is 7. The fourth-order valence-electron chi connectivity index (χ4n) is 4.20. The molecule has 0 aliphatic carbocycles. The molecule has 1 fully saturated rings. The van der Waals surface area contributed by atoms with Crippen molar-refractivity contribution in [2.24, 2.45) is 0 Å². The molecule has 37 heavy (non-hydrogen) atoms. The fourth-order valence-corrected chi connectivity index (χ4v) is 5.22. The van der Waals surface area contributed by atoms with Crippen LogP contribution in [0.3, 0.4) is 0 Å². The number of hydrogen-bond acceptors (Lipinski definition) is 6. The van der Waals surface area contributed by atoms with Crippen molar-refractivity contribution in [2.45, 2.75) is 25.8 Å². The third kappa shape index (κ3) is 4.70. The van der Waals surface area contributed by atoms with Gasteiger partial charge in [-0.3, -0.25) is 14.5 Å². The van der Waals surface area contributed by atoms with Gasteiger partial charge in [-0.25, -0.2) is 13.8 Å². The van der Waals surface area contributed by atoms with Gasteiger partial charge in [0.25, 0.3) is 5.78 Å². The number of ketones is 1. The third-order valence-electron chi connectivity index (χ3n) is 6.05. The molecule has 5 rings (SSSR count). The predicted octanol–water partition coefficient (Wildman–Crippen LogP) is 6.38. The fraction of sp³-hybridized carbons (Fsp3) is 0.179. The van der Waals surface area contributed by atoms with Crippen LogP contribution >= 0.6 is 11.3 Å². The van der Waals surface area contributed by atoms with Gasteiger partial charge in [0.2, 0.25) is 0 Å². The van der Waals surface area contributed by atoms with Gasteiger partial charge in [-0.2, -0.15) is 0 Å². The van der Waals surface area contributed by atoms with E-state index in [-0.39, 0.29) is 16.5 Å². The van der Waals surface area contributed by atoms with Crippen LogP contribution in [0.15, 0.2) is 72.3 Å². The summed E-state index contributed by atoms with van der Waals surface area (Å²) in [6.45, 7) is 2.54. The number of carbonyl (C=O) groups excluding carboxylic acids is 2. The molecule has 1 unspecified atom stereocenters. The molecule has 1 N–H and O–H groups in total. The summed E-state index contributed by atoms with van der Waals surface area (Å²) in [6.07, 6.45) is 1.82. The van der Waals surface area contributed by atoms with Gasteiger partial charge in [-0.15, -0.1) is 0 Å². The second-order valence-electron chi connectivity index (χ2n) is 8.56. The molecule has 1 saturated heterocycles. The van der Waals surface area contributed by atoms with Crippen LogP contribution in [-0.4, -0.2) is 28.4 Å². The minimum atomic E-state index is -1.07. The van der Waals surface area contributed by atoms with E-state index in [9.17, 15) is 23.5 Å². The summed E-state index contributed by atoms with van der Waals surface area (Å²) in [4.78, 5) is 32.2. The highest BCUT2D eigenvalue weighted by Crippen LogP contribution is 2.44. The first kappa shape index (κ1) is 24.6. The quantitative estimate of drug-likeness (QED) is 0.132. The second kappa shape index (κ2) is 10.1. The predicted molar refractivity (Wildman–Crippen MR) is 138 cm³/mol. The highest BCUT2D eigenvalue weighted by atomic mass is 32.1. The zero-order valence-corrected chi connectivity index (χ0v) is 20.6. The Morgan fingerprint density at radius 2 is 1.81 bits per heavy atom. The van der Waals surface area contributed by atoms with Gasteiger partial charge >= 0.3 is 5.91 Å². The maximum absolute atomic E-state index is 13.8. The molecule has 1 aliphatic rings. The Bertz CT molecular complexity index is 1530. The zero-order valence-electron chi connectivity index (χ0n) is 19.8. The van der Waals surface area contributed by atoms with Gasteiger partial charge in [0.15, 0.2) is 5.13 Å². The molecule has 0 bridgehead atoms. The number of Topliss-reactive ketones (excluding diaryl/α,β-unsaturated/α-hetero) is 1. The number of aromatic nitrogens is 1. The van der Waals surface area contributed by atoms with Crippen molar-refractivity contribution in [3.63, 3.8) is 0 Å². The van der Waals surface area contributed by atoms with E-state index in [0.717, 1.165) is 24.2 Å². The molecule has 0 saturated carbocycles. The van der Waals surface area contributed by atoms with Crippen LogP contribution in [-0.2, 0) is 9.59 Å². The number of anilines is 1. The normalized spacial score (nSPS) is 17.1. The topological polar surface area (TPSA) is 79.7 Å². The van der Waals surface area contributed by atoms with Gasteiger partial charge in [0.1, 0.15) is 23.1 Å². The number of nitrogens with zero attached hydrogens (tertiary/aromatic N) is 2. The minimum absolute atomic E-state index is 0.159. The number of hydrogen-bond donors (Lipinski definition) is 1. The summed E-state index contributed by atoms with van der Waals surface area (Å²) in [7, 11) is 0. The minimum Gasteiger partial charge on any atom is -0.507 e. The molecule has 4 aromatic rings. The second-order valence-corrected chi connectivity index (χ2v) is 9.57. The van der Waals surface area contributed by atoms with Crippen LogP contribution in [0.2, 0.25) is 0 Å². The molecule has 1 atom stereocenters. The Morgan fingerprint density at radius 1 is 1.05 bits per heavy atom. The number of benzene rings is 3. The molecule has 1 aromatic heterocycles. The van der Waals surface area contributed by atoms with Crippen LogP contribution in [0, 0.1) is 11.6 Å². The molecule has 188 valence electrons. The first-order valence-electron chi connectivity index (χ1n) is 11.7. The number of ether oxygens (including phenoxy) is 1. The maximum Gasteiger partial charge on any atom is 0.301 e. The van der Waals surface area contributed by atoms with Crippen LogP contribution in [0.4, 0.5) is 13.9 Å². The van der Waals surface area contributed by atoms with Gasteiger partial charge < -0.3 is 9.84 Å². The average Bonchev–Trinajstić information content (AvgIpc) is 3.42. The average molecular weight is 521 g/mol. The summed E-state index contributed by atoms with van der Waals surface area (Å²) >= 11 is 1.04. The van der Waals surface area contributed by atoms with Gasteiger partial charge in [-0.1, -0.05) is 48.9 Å². The number of carbonyl (C=O) groups is 2. The van der Waals surface area contributed by atoms with Crippen LogP contribution in [0.1, 0.15) is 36.9 Å². The maximum atomic E-state index is 13.8. The number of halogens is 2. The lowest BCUT2D eigenvalue weighted by molar-refractivity contribution is -0.132. The van der Waals surface area contributed by atoms with E-state index in [1.165, 1.54) is 47.4 Å². The lowest BCUT2D eigenvalue weighted by atomic mass is 9.95. The van der Waals surface area contributed by atoms with Crippen LogP contribution in [0.25, 0.3) is 16.0 Å². The lowest BCUT2D eigenvalue weighted by Gasteiger charge is -2.23. The van der Waals surface area contributed by atoms with Crippen molar-refractivity contribution in [3.05, 3.63) is 95.1 Å². The van der Waals surface area contributed by atoms with Crippen molar-refractivity contribution in [2.75, 3.05) is 11.5 Å².